The van der Waals surface area contributed by atoms with Crippen LogP contribution < -0.4 is 10.2 Å². The van der Waals surface area contributed by atoms with Crippen LogP contribution in [0.15, 0.2) is 72.8 Å². The Hall–Kier alpha value is -4.36. The minimum atomic E-state index is -0.913. The molecule has 3 aromatic carbocycles. The predicted molar refractivity (Wildman–Crippen MR) is 170 cm³/mol. The van der Waals surface area contributed by atoms with Gasteiger partial charge in [0.1, 0.15) is 0 Å². The molecule has 46 heavy (non-hydrogen) atoms. The highest BCUT2D eigenvalue weighted by Gasteiger charge is 2.34. The number of carbonyl (C=O) groups is 2. The van der Waals surface area contributed by atoms with E-state index in [9.17, 15) is 24.8 Å². The zero-order chi connectivity index (χ0) is 32.5. The van der Waals surface area contributed by atoms with Gasteiger partial charge in [-0.1, -0.05) is 48.5 Å². The molecule has 0 aliphatic carbocycles. The van der Waals surface area contributed by atoms with E-state index in [1.807, 2.05) is 48.5 Å². The number of nitro benzene ring substituents is 1. The molecular weight excluding hydrogens is 592 g/mol. The van der Waals surface area contributed by atoms with E-state index >= 15 is 0 Å². The Kier molecular flexibility index (Phi) is 11.3. The summed E-state index contributed by atoms with van der Waals surface area (Å²) in [5, 5.41) is 32.1. The number of ether oxygens (including phenoxy) is 2. The van der Waals surface area contributed by atoms with Crippen molar-refractivity contribution in [2.45, 2.75) is 57.3 Å². The van der Waals surface area contributed by atoms with E-state index in [1.165, 1.54) is 0 Å². The van der Waals surface area contributed by atoms with E-state index in [1.54, 1.807) is 24.3 Å². The summed E-state index contributed by atoms with van der Waals surface area (Å²) in [6, 6.07) is 22.2. The molecular formula is C34H40N4O8. The number of rotatable bonds is 13. The first-order valence-electron chi connectivity index (χ1n) is 15.6. The lowest BCUT2D eigenvalue weighted by atomic mass is 9.99. The Morgan fingerprint density at radius 1 is 0.870 bits per heavy atom. The highest BCUT2D eigenvalue weighted by atomic mass is 16.7. The van der Waals surface area contributed by atoms with Gasteiger partial charge in [0.25, 0.3) is 5.69 Å². The van der Waals surface area contributed by atoms with Crippen molar-refractivity contribution >= 4 is 23.3 Å². The molecule has 2 aliphatic rings. The molecule has 0 saturated carbocycles. The molecule has 244 valence electrons. The number of anilines is 1. The van der Waals surface area contributed by atoms with Crippen molar-refractivity contribution < 1.29 is 34.2 Å². The molecule has 2 fully saturated rings. The van der Waals surface area contributed by atoms with Crippen LogP contribution in [0.3, 0.4) is 0 Å². The zero-order valence-electron chi connectivity index (χ0n) is 25.6. The van der Waals surface area contributed by atoms with Crippen molar-refractivity contribution in [1.82, 2.24) is 10.2 Å². The third-order valence-electron chi connectivity index (χ3n) is 8.41. The molecule has 12 heteroatoms. The summed E-state index contributed by atoms with van der Waals surface area (Å²) in [6.45, 7) is 4.30. The number of benzene rings is 3. The standard InChI is InChI=1S/C34H40N4O8/c39-23-25-6-8-26(9-7-25)31-20-30(22-36-16-18-37(19-17-36)28-12-14-29(15-13-28)38(43)44)45-34(46-31)27-10-4-24(5-11-27)21-35-32(40)2-1-3-33(41)42/h4-15,30-31,34,39H,1-3,16-23H2,(H,35,40)(H,41,42)/t30-,31+,34+/m0/s1. The fourth-order valence-corrected chi connectivity index (χ4v) is 5.78. The molecule has 2 heterocycles. The maximum atomic E-state index is 12.1. The Balaban J connectivity index is 1.20. The maximum absolute atomic E-state index is 12.1. The number of non-ortho nitro benzene ring substituents is 1. The molecule has 0 spiro atoms. The zero-order valence-corrected chi connectivity index (χ0v) is 25.6. The smallest absolute Gasteiger partial charge is 0.303 e. The van der Waals surface area contributed by atoms with Gasteiger partial charge in [0.15, 0.2) is 6.29 Å². The third kappa shape index (κ3) is 9.10. The Morgan fingerprint density at radius 3 is 2.15 bits per heavy atom. The second-order valence-electron chi connectivity index (χ2n) is 11.7. The highest BCUT2D eigenvalue weighted by molar-refractivity contribution is 5.76. The lowest BCUT2D eigenvalue weighted by Crippen LogP contribution is -2.49. The lowest BCUT2D eigenvalue weighted by Gasteiger charge is -2.41. The average Bonchev–Trinajstić information content (AvgIpc) is 3.07. The van der Waals surface area contributed by atoms with E-state index in [2.05, 4.69) is 15.1 Å². The molecule has 0 unspecified atom stereocenters. The van der Waals surface area contributed by atoms with Crippen LogP contribution in [0.2, 0.25) is 0 Å². The monoisotopic (exact) mass is 632 g/mol. The fraction of sp³-hybridized carbons (Fsp3) is 0.412. The van der Waals surface area contributed by atoms with Gasteiger partial charge in [-0.15, -0.1) is 0 Å². The van der Waals surface area contributed by atoms with E-state index in [0.717, 1.165) is 60.7 Å². The van der Waals surface area contributed by atoms with Crippen molar-refractivity contribution in [2.24, 2.45) is 0 Å². The second kappa shape index (κ2) is 15.8. The SMILES string of the molecule is O=C(O)CCCC(=O)NCc1ccc([C@@H]2O[C@H](CN3CCN(c4ccc([N+](=O)[O-])cc4)CC3)C[C@H](c3ccc(CO)cc3)O2)cc1. The van der Waals surface area contributed by atoms with Crippen LogP contribution in [-0.2, 0) is 32.2 Å². The first kappa shape index (κ1) is 33.0. The van der Waals surface area contributed by atoms with Crippen LogP contribution in [0.1, 0.15) is 60.3 Å². The van der Waals surface area contributed by atoms with Crippen molar-refractivity contribution in [1.29, 1.82) is 0 Å². The molecule has 1 amide bonds. The van der Waals surface area contributed by atoms with Gasteiger partial charge in [0.05, 0.1) is 23.7 Å². The van der Waals surface area contributed by atoms with Crippen LogP contribution in [0.4, 0.5) is 11.4 Å². The summed E-state index contributed by atoms with van der Waals surface area (Å²) >= 11 is 0. The lowest BCUT2D eigenvalue weighted by molar-refractivity contribution is -0.384. The quantitative estimate of drug-likeness (QED) is 0.183. The summed E-state index contributed by atoms with van der Waals surface area (Å²) in [4.78, 5) is 38.0. The van der Waals surface area contributed by atoms with Gasteiger partial charge in [-0.3, -0.25) is 24.6 Å². The molecule has 3 atom stereocenters. The van der Waals surface area contributed by atoms with Gasteiger partial charge in [-0.25, -0.2) is 0 Å². The number of carbonyl (C=O) groups excluding carboxylic acids is 1. The largest absolute Gasteiger partial charge is 0.481 e. The maximum Gasteiger partial charge on any atom is 0.303 e. The van der Waals surface area contributed by atoms with Crippen LogP contribution in [-0.4, -0.2) is 70.7 Å². The minimum Gasteiger partial charge on any atom is -0.481 e. The summed E-state index contributed by atoms with van der Waals surface area (Å²) in [5.74, 6) is -1.10. The van der Waals surface area contributed by atoms with E-state index in [0.29, 0.717) is 19.4 Å². The fourth-order valence-electron chi connectivity index (χ4n) is 5.78. The first-order chi connectivity index (χ1) is 22.3. The Morgan fingerprint density at radius 2 is 1.52 bits per heavy atom. The van der Waals surface area contributed by atoms with E-state index in [-0.39, 0.29) is 48.2 Å². The summed E-state index contributed by atoms with van der Waals surface area (Å²) in [5.41, 5.74) is 4.67. The van der Waals surface area contributed by atoms with Gasteiger partial charge >= 0.3 is 5.97 Å². The number of amides is 1. The number of carboxylic acid groups (broad SMARTS) is 1. The summed E-state index contributed by atoms with van der Waals surface area (Å²) in [6.07, 6.45) is 0.208. The average molecular weight is 633 g/mol. The number of piperazine rings is 1. The van der Waals surface area contributed by atoms with Crippen LogP contribution in [0.5, 0.6) is 0 Å². The number of hydrogen-bond acceptors (Lipinski definition) is 9. The Labute approximate surface area is 267 Å². The summed E-state index contributed by atoms with van der Waals surface area (Å²) < 4.78 is 13.0. The number of aliphatic hydroxyl groups is 1. The number of aliphatic carboxylic acids is 1. The normalized spacial score (nSPS) is 20.3. The number of nitrogens with zero attached hydrogens (tertiary/aromatic N) is 3. The van der Waals surface area contributed by atoms with E-state index in [4.69, 9.17) is 14.6 Å². The molecule has 2 aliphatic heterocycles. The molecule has 5 rings (SSSR count). The number of nitrogens with one attached hydrogen (secondary N) is 1. The first-order valence-corrected chi connectivity index (χ1v) is 15.6. The molecule has 0 radical (unpaired) electrons. The number of aliphatic hydroxyl groups excluding tert-OH is 1. The van der Waals surface area contributed by atoms with Crippen LogP contribution in [0.25, 0.3) is 0 Å². The van der Waals surface area contributed by atoms with Gasteiger partial charge in [-0.2, -0.15) is 0 Å². The molecule has 12 nitrogen and oxygen atoms in total. The van der Waals surface area contributed by atoms with Gasteiger partial charge in [0, 0.05) is 81.9 Å². The second-order valence-corrected chi connectivity index (χ2v) is 11.7. The molecule has 3 N–H and O–H groups in total. The van der Waals surface area contributed by atoms with Crippen molar-refractivity contribution in [2.75, 3.05) is 37.6 Å². The van der Waals surface area contributed by atoms with Crippen LogP contribution >= 0.6 is 0 Å². The molecule has 0 bridgehead atoms. The molecule has 0 aromatic heterocycles. The highest BCUT2D eigenvalue weighted by Crippen LogP contribution is 2.38. The minimum absolute atomic E-state index is 0.0266. The molecule has 3 aromatic rings. The number of carboxylic acids is 1. The van der Waals surface area contributed by atoms with Crippen LogP contribution in [0, 0.1) is 10.1 Å². The number of nitro groups is 1. The van der Waals surface area contributed by atoms with Crippen molar-refractivity contribution in [3.05, 3.63) is 105 Å². The molecule has 2 saturated heterocycles. The van der Waals surface area contributed by atoms with Gasteiger partial charge in [-0.05, 0) is 35.2 Å². The van der Waals surface area contributed by atoms with Gasteiger partial charge < -0.3 is 29.9 Å². The van der Waals surface area contributed by atoms with Crippen molar-refractivity contribution in [3.8, 4) is 0 Å². The van der Waals surface area contributed by atoms with Gasteiger partial charge in [0.2, 0.25) is 5.91 Å². The Bertz CT molecular complexity index is 1460. The predicted octanol–water partition coefficient (Wildman–Crippen LogP) is 4.33. The summed E-state index contributed by atoms with van der Waals surface area (Å²) in [7, 11) is 0. The number of hydrogen-bond donors (Lipinski definition) is 3. The third-order valence-corrected chi connectivity index (χ3v) is 8.41. The van der Waals surface area contributed by atoms with E-state index < -0.39 is 12.3 Å². The van der Waals surface area contributed by atoms with Crippen molar-refractivity contribution in [3.63, 3.8) is 0 Å². The topological polar surface area (TPSA) is 155 Å².